The molecule has 1 aromatic carbocycles. The number of sulfone groups is 1. The number of ether oxygens (including phenoxy) is 4. The predicted octanol–water partition coefficient (Wildman–Crippen LogP) is 11.1. The summed E-state index contributed by atoms with van der Waals surface area (Å²) in [5, 5.41) is 0.793. The quantitative estimate of drug-likeness (QED) is 0.113. The van der Waals surface area contributed by atoms with Gasteiger partial charge in [0.1, 0.15) is 6.10 Å². The van der Waals surface area contributed by atoms with Crippen molar-refractivity contribution in [2.24, 2.45) is 0 Å². The van der Waals surface area contributed by atoms with Crippen LogP contribution < -0.4 is 9.47 Å². The molecule has 2 aliphatic rings. The number of methoxy groups -OCH3 is 2. The number of carbonyl (C=O) groups excluding carboxylic acids is 1. The largest absolute Gasteiger partial charge is 0.493 e. The summed E-state index contributed by atoms with van der Waals surface area (Å²) in [5.41, 5.74) is 1.13. The summed E-state index contributed by atoms with van der Waals surface area (Å²) in [4.78, 5) is 14.3. The summed E-state index contributed by atoms with van der Waals surface area (Å²) in [6.45, 7) is 6.15. The van der Waals surface area contributed by atoms with E-state index in [1.165, 1.54) is 0 Å². The van der Waals surface area contributed by atoms with Crippen molar-refractivity contribution in [1.29, 1.82) is 0 Å². The lowest BCUT2D eigenvalue weighted by Crippen LogP contribution is -2.46. The maximum Gasteiger partial charge on any atom is 0.321 e. The lowest BCUT2D eigenvalue weighted by molar-refractivity contribution is -0.145. The average Bonchev–Trinajstić information content (AvgIpc) is 3.50. The summed E-state index contributed by atoms with van der Waals surface area (Å²) < 4.78 is 45.5. The van der Waals surface area contributed by atoms with E-state index in [4.69, 9.17) is 18.9 Å². The van der Waals surface area contributed by atoms with E-state index in [9.17, 15) is 13.2 Å². The molecule has 0 amide bonds. The highest BCUT2D eigenvalue weighted by Gasteiger charge is 2.37. The van der Waals surface area contributed by atoms with Crippen molar-refractivity contribution in [2.45, 2.75) is 56.8 Å². The number of rotatable bonds is 17. The van der Waals surface area contributed by atoms with Crippen molar-refractivity contribution in [1.82, 2.24) is 4.90 Å². The normalized spacial score (nSPS) is 21.8. The van der Waals surface area contributed by atoms with E-state index in [1.54, 1.807) is 14.2 Å². The highest BCUT2D eigenvalue weighted by Crippen LogP contribution is 3.22. The van der Waals surface area contributed by atoms with Crippen LogP contribution in [-0.4, -0.2) is 77.2 Å². The maximum absolute atomic E-state index is 12.0. The lowest BCUT2D eigenvalue weighted by atomic mass is 9.91. The first kappa shape index (κ1) is 48.5. The maximum atomic E-state index is 12.0. The first-order valence-corrected chi connectivity index (χ1v) is 43.1. The zero-order valence-corrected chi connectivity index (χ0v) is 43.8. The minimum absolute atomic E-state index is 0.0884. The zero-order chi connectivity index (χ0) is 36.0. The number of benzene rings is 1. The van der Waals surface area contributed by atoms with Crippen LogP contribution in [0.4, 0.5) is 0 Å². The van der Waals surface area contributed by atoms with Crippen molar-refractivity contribution >= 4 is 137 Å². The summed E-state index contributed by atoms with van der Waals surface area (Å²) in [6, 6.07) is 6.19. The molecule has 3 rings (SSSR count). The Hall–Kier alpha value is 4.35. The molecule has 0 radical (unpaired) electrons. The van der Waals surface area contributed by atoms with E-state index in [0.717, 1.165) is 57.6 Å². The minimum Gasteiger partial charge on any atom is -0.493 e. The van der Waals surface area contributed by atoms with Crippen molar-refractivity contribution < 1.29 is 32.2 Å². The minimum atomic E-state index is -3.60. The molecule has 24 heteroatoms. The second-order valence-electron chi connectivity index (χ2n) is 10.7. The highest BCUT2D eigenvalue weighted by molar-refractivity contribution is 9.28. The molecule has 276 valence electrons. The van der Waals surface area contributed by atoms with Gasteiger partial charge >= 0.3 is 5.97 Å². The molecule has 1 saturated heterocycles. The molecule has 0 bridgehead atoms. The summed E-state index contributed by atoms with van der Waals surface area (Å²) in [7, 11) is 25.3. The van der Waals surface area contributed by atoms with E-state index in [2.05, 4.69) is 82.9 Å². The monoisotopic (exact) mass is 963 g/mol. The molecule has 14 atom stereocenters. The van der Waals surface area contributed by atoms with Gasteiger partial charge in [-0.3, -0.25) is 9.69 Å². The molecular weight excluding hydrogens is 911 g/mol. The Kier molecular flexibility index (Phi) is 25.8. The van der Waals surface area contributed by atoms with Gasteiger partial charge in [0.25, 0.3) is 0 Å². The van der Waals surface area contributed by atoms with Gasteiger partial charge in [0.05, 0.1) is 26.9 Å². The van der Waals surface area contributed by atoms with Crippen LogP contribution in [0.3, 0.4) is 0 Å². The SMILES string of the molecule is C=CS(=O)(=O)CC(=O)O[C@@H]1CCN([C@@H]2CCCC[C@H]2OCCc2ccc(OC)c(OC)c2)C1.PPP(P)P(P(P)P)P(P(P)P)P(P)P. The topological polar surface area (TPSA) is 91.4 Å². The fraction of sp³-hybridized carbons (Fsp3) is 0.625. The van der Waals surface area contributed by atoms with E-state index in [0.29, 0.717) is 31.1 Å². The van der Waals surface area contributed by atoms with Crippen molar-refractivity contribution in [3.63, 3.8) is 0 Å². The van der Waals surface area contributed by atoms with Gasteiger partial charge in [0, 0.05) is 24.5 Å². The van der Waals surface area contributed by atoms with Crippen LogP contribution in [0.1, 0.15) is 37.7 Å². The van der Waals surface area contributed by atoms with Crippen LogP contribution in [0.15, 0.2) is 30.2 Å². The van der Waals surface area contributed by atoms with Gasteiger partial charge in [0.2, 0.25) is 0 Å². The van der Waals surface area contributed by atoms with Gasteiger partial charge in [-0.1, -0.05) is 33.4 Å². The molecule has 0 aromatic heterocycles. The number of hydrogen-bond donors (Lipinski definition) is 0. The number of carbonyl (C=O) groups is 1. The van der Waals surface area contributed by atoms with Gasteiger partial charge in [-0.05, 0) is 85.3 Å². The third kappa shape index (κ3) is 16.8. The second kappa shape index (κ2) is 25.6. The van der Waals surface area contributed by atoms with Crippen molar-refractivity contribution in [3.05, 3.63) is 35.7 Å². The van der Waals surface area contributed by atoms with Gasteiger partial charge in [-0.25, -0.2) is 8.42 Å². The third-order valence-electron chi connectivity index (χ3n) is 7.46. The van der Waals surface area contributed by atoms with Gasteiger partial charge < -0.3 is 18.9 Å². The summed E-state index contributed by atoms with van der Waals surface area (Å²) in [5.74, 6) is 0.0521. The summed E-state index contributed by atoms with van der Waals surface area (Å²) in [6.07, 6.45) is 5.68. The molecule has 48 heavy (non-hydrogen) atoms. The second-order valence-corrected chi connectivity index (χ2v) is 68.6. The number of esters is 1. The first-order chi connectivity index (χ1) is 22.7. The Balaban J connectivity index is 0.000000450. The Morgan fingerprint density at radius 1 is 0.979 bits per heavy atom. The number of hydrogen-bond acceptors (Lipinski definition) is 8. The summed E-state index contributed by atoms with van der Waals surface area (Å²) >= 11 is 0. The molecule has 0 spiro atoms. The Morgan fingerprint density at radius 2 is 1.60 bits per heavy atom. The van der Waals surface area contributed by atoms with Crippen LogP contribution in [-0.2, 0) is 30.5 Å². The fourth-order valence-corrected chi connectivity index (χ4v) is 162. The smallest absolute Gasteiger partial charge is 0.321 e. The van der Waals surface area contributed by atoms with Crippen LogP contribution in [0.5, 0.6) is 11.5 Å². The van der Waals surface area contributed by atoms with Gasteiger partial charge in [-0.2, -0.15) is 0 Å². The van der Waals surface area contributed by atoms with E-state index < -0.39 is 21.6 Å². The van der Waals surface area contributed by atoms with Gasteiger partial charge in [-0.15, -0.1) is 71.4 Å². The fourth-order valence-electron chi connectivity index (χ4n) is 5.29. The standard InChI is InChI=1S/C24H35NO7S.H17P15/c1-4-33(27,28)17-24(26)32-19-11-13-25(16-19)20-7-5-6-8-21(20)31-14-12-18-9-10-22(29-2)23(15-18)30-3;1-9-13(8)15(12(6)7)14(10(2)3)11(4)5/h4,9-10,15,19-21H,1,5-8,11-14,16-17H2,2-3H3;9H,1-8H2/t19-,20-,21-;/m1./s1. The zero-order valence-electron chi connectivity index (χ0n) is 27.3. The number of nitrogens with zero attached hydrogens (tertiary/aromatic N) is 1. The van der Waals surface area contributed by atoms with E-state index in [-0.39, 0.29) is 60.2 Å². The van der Waals surface area contributed by atoms with E-state index >= 15 is 0 Å². The first-order valence-electron chi connectivity index (χ1n) is 14.8. The van der Waals surface area contributed by atoms with Crippen molar-refractivity contribution in [3.8, 4) is 11.5 Å². The van der Waals surface area contributed by atoms with Crippen LogP contribution in [0, 0.1) is 0 Å². The van der Waals surface area contributed by atoms with E-state index in [1.807, 2.05) is 18.2 Å². The third-order valence-corrected chi connectivity index (χ3v) is 97.0. The molecule has 11 unspecified atom stereocenters. The molecule has 1 aliphatic heterocycles. The Morgan fingerprint density at radius 3 is 2.17 bits per heavy atom. The molecule has 2 fully saturated rings. The predicted molar refractivity (Wildman–Crippen MR) is 253 cm³/mol. The Labute approximate surface area is 315 Å². The molecule has 0 N–H and O–H groups in total. The number of likely N-dealkylation sites (tertiary alicyclic amines) is 1. The molecule has 1 saturated carbocycles. The lowest BCUT2D eigenvalue weighted by Gasteiger charge is -2.38. The Bertz CT molecular complexity index is 1240. The molecule has 1 heterocycles. The molecular formula is C24H52NO7P15S. The van der Waals surface area contributed by atoms with Crippen molar-refractivity contribution in [2.75, 3.05) is 39.7 Å². The van der Waals surface area contributed by atoms with Crippen LogP contribution in [0.2, 0.25) is 0 Å². The van der Waals surface area contributed by atoms with Crippen LogP contribution in [0.25, 0.3) is 0 Å². The van der Waals surface area contributed by atoms with Crippen LogP contribution >= 0.6 is 121 Å². The highest BCUT2D eigenvalue weighted by atomic mass is 33.3. The van der Waals surface area contributed by atoms with Gasteiger partial charge in [0.15, 0.2) is 27.1 Å². The average molecular weight is 963 g/mol. The molecule has 8 nitrogen and oxygen atoms in total. The molecule has 1 aromatic rings. The molecule has 1 aliphatic carbocycles.